The Bertz CT molecular complexity index is 678. The zero-order valence-electron chi connectivity index (χ0n) is 12.5. The van der Waals surface area contributed by atoms with Crippen LogP contribution in [0.25, 0.3) is 6.08 Å². The van der Waals surface area contributed by atoms with Gasteiger partial charge < -0.3 is 19.9 Å². The average molecular weight is 321 g/mol. The zero-order valence-corrected chi connectivity index (χ0v) is 12.5. The number of carbonyl (C=O) groups excluding carboxylic acids is 1. The van der Waals surface area contributed by atoms with Gasteiger partial charge in [-0.2, -0.15) is 5.26 Å². The van der Waals surface area contributed by atoms with E-state index < -0.39 is 22.3 Å². The number of nitriles is 1. The minimum Gasteiger partial charge on any atom is -0.500 e. The first-order chi connectivity index (χ1) is 10.9. The summed E-state index contributed by atoms with van der Waals surface area (Å²) in [5, 5.41) is 32.1. The van der Waals surface area contributed by atoms with Crippen molar-refractivity contribution in [3.63, 3.8) is 0 Å². The first-order valence-corrected chi connectivity index (χ1v) is 6.38. The minimum absolute atomic E-state index is 0.137. The third-order valence-corrected chi connectivity index (χ3v) is 2.76. The summed E-state index contributed by atoms with van der Waals surface area (Å²) < 4.78 is 9.62. The SMILES string of the molecule is COCCNC(=O)/C(C#N)=C/c1cc(OC)c(O)c([N+](=O)[O-])c1. The molecule has 0 aliphatic heterocycles. The van der Waals surface area contributed by atoms with E-state index in [9.17, 15) is 20.0 Å². The van der Waals surface area contributed by atoms with Gasteiger partial charge in [-0.1, -0.05) is 0 Å². The Morgan fingerprint density at radius 2 is 2.22 bits per heavy atom. The first kappa shape index (κ1) is 17.9. The van der Waals surface area contributed by atoms with E-state index >= 15 is 0 Å². The van der Waals surface area contributed by atoms with E-state index in [1.807, 2.05) is 0 Å². The van der Waals surface area contributed by atoms with Crippen molar-refractivity contribution in [1.29, 1.82) is 5.26 Å². The molecule has 0 saturated heterocycles. The maximum Gasteiger partial charge on any atom is 0.315 e. The second-order valence-electron chi connectivity index (χ2n) is 4.27. The Balaban J connectivity index is 3.18. The Labute approximate surface area is 131 Å². The van der Waals surface area contributed by atoms with Gasteiger partial charge in [-0.3, -0.25) is 14.9 Å². The van der Waals surface area contributed by atoms with Gasteiger partial charge in [0.2, 0.25) is 5.75 Å². The molecule has 0 atom stereocenters. The van der Waals surface area contributed by atoms with Crippen LogP contribution < -0.4 is 10.1 Å². The lowest BCUT2D eigenvalue weighted by Crippen LogP contribution is -2.27. The Hall–Kier alpha value is -3.12. The highest BCUT2D eigenvalue weighted by Crippen LogP contribution is 2.37. The van der Waals surface area contributed by atoms with Crippen LogP contribution >= 0.6 is 0 Å². The standard InChI is InChI=1S/C14H15N3O6/c1-22-4-3-16-14(19)10(8-15)5-9-6-11(17(20)21)13(18)12(7-9)23-2/h5-7,18H,3-4H2,1-2H3,(H,16,19)/b10-5+. The van der Waals surface area contributed by atoms with Crippen molar-refractivity contribution in [2.45, 2.75) is 0 Å². The molecule has 0 aliphatic rings. The van der Waals surface area contributed by atoms with E-state index in [-0.39, 0.29) is 30.0 Å². The average Bonchev–Trinajstić information content (AvgIpc) is 2.53. The van der Waals surface area contributed by atoms with Crippen molar-refractivity contribution in [1.82, 2.24) is 5.32 Å². The number of nitrogens with one attached hydrogen (secondary N) is 1. The second-order valence-corrected chi connectivity index (χ2v) is 4.27. The number of carbonyl (C=O) groups is 1. The summed E-state index contributed by atoms with van der Waals surface area (Å²) >= 11 is 0. The normalized spacial score (nSPS) is 10.7. The predicted octanol–water partition coefficient (Wildman–Crippen LogP) is 0.979. The zero-order chi connectivity index (χ0) is 17.4. The molecule has 0 spiro atoms. The van der Waals surface area contributed by atoms with Crippen molar-refractivity contribution < 1.29 is 24.3 Å². The van der Waals surface area contributed by atoms with Gasteiger partial charge in [-0.05, 0) is 17.7 Å². The van der Waals surface area contributed by atoms with Crippen LogP contribution in [0.5, 0.6) is 11.5 Å². The van der Waals surface area contributed by atoms with E-state index in [2.05, 4.69) is 5.32 Å². The number of benzene rings is 1. The highest BCUT2D eigenvalue weighted by atomic mass is 16.6. The second kappa shape index (κ2) is 8.35. The van der Waals surface area contributed by atoms with Gasteiger partial charge >= 0.3 is 5.69 Å². The number of ether oxygens (including phenoxy) is 2. The number of nitro benzene ring substituents is 1. The van der Waals surface area contributed by atoms with Gasteiger partial charge in [0.1, 0.15) is 11.6 Å². The molecule has 1 amide bonds. The fourth-order valence-electron chi connectivity index (χ4n) is 1.67. The number of nitro groups is 1. The molecule has 0 fully saturated rings. The van der Waals surface area contributed by atoms with Gasteiger partial charge in [0, 0.05) is 19.7 Å². The van der Waals surface area contributed by atoms with E-state index in [1.54, 1.807) is 6.07 Å². The minimum atomic E-state index is -0.792. The molecule has 0 aliphatic carbocycles. The van der Waals surface area contributed by atoms with Crippen molar-refractivity contribution in [2.75, 3.05) is 27.4 Å². The van der Waals surface area contributed by atoms with Gasteiger partial charge in [0.15, 0.2) is 5.75 Å². The number of aromatic hydroxyl groups is 1. The van der Waals surface area contributed by atoms with Crippen LogP contribution in [0.1, 0.15) is 5.56 Å². The van der Waals surface area contributed by atoms with Crippen molar-refractivity contribution >= 4 is 17.7 Å². The number of phenols is 1. The number of nitrogens with zero attached hydrogens (tertiary/aromatic N) is 2. The third-order valence-electron chi connectivity index (χ3n) is 2.76. The molecule has 2 N–H and O–H groups in total. The summed E-state index contributed by atoms with van der Waals surface area (Å²) in [6, 6.07) is 4.03. The molecule has 9 nitrogen and oxygen atoms in total. The highest BCUT2D eigenvalue weighted by Gasteiger charge is 2.20. The number of hydrogen-bond donors (Lipinski definition) is 2. The molecule has 1 aromatic carbocycles. The molecular formula is C14H15N3O6. The van der Waals surface area contributed by atoms with E-state index in [4.69, 9.17) is 14.7 Å². The molecule has 0 aromatic heterocycles. The maximum absolute atomic E-state index is 11.8. The first-order valence-electron chi connectivity index (χ1n) is 6.38. The summed E-state index contributed by atoms with van der Waals surface area (Å²) in [6.45, 7) is 0.496. The smallest absolute Gasteiger partial charge is 0.315 e. The summed E-state index contributed by atoms with van der Waals surface area (Å²) in [4.78, 5) is 21.9. The largest absolute Gasteiger partial charge is 0.500 e. The molecule has 23 heavy (non-hydrogen) atoms. The lowest BCUT2D eigenvalue weighted by molar-refractivity contribution is -0.386. The summed E-state index contributed by atoms with van der Waals surface area (Å²) in [5.41, 5.74) is -0.666. The maximum atomic E-state index is 11.8. The molecule has 1 rings (SSSR count). The number of phenolic OH excluding ortho intramolecular Hbond substituents is 1. The number of hydrogen-bond acceptors (Lipinski definition) is 7. The fraction of sp³-hybridized carbons (Fsp3) is 0.286. The monoisotopic (exact) mass is 321 g/mol. The summed E-state index contributed by atoms with van der Waals surface area (Å²) in [5.74, 6) is -1.40. The number of rotatable bonds is 7. The topological polar surface area (TPSA) is 135 Å². The van der Waals surface area contributed by atoms with Crippen molar-refractivity contribution in [2.24, 2.45) is 0 Å². The van der Waals surface area contributed by atoms with Crippen LogP contribution in [0.2, 0.25) is 0 Å². The van der Waals surface area contributed by atoms with Gasteiger partial charge in [0.25, 0.3) is 5.91 Å². The van der Waals surface area contributed by atoms with Gasteiger partial charge in [-0.25, -0.2) is 0 Å². The van der Waals surface area contributed by atoms with Gasteiger partial charge in [-0.15, -0.1) is 0 Å². The Morgan fingerprint density at radius 1 is 1.52 bits per heavy atom. The van der Waals surface area contributed by atoms with Crippen molar-refractivity contribution in [3.05, 3.63) is 33.4 Å². The van der Waals surface area contributed by atoms with Crippen LogP contribution in [0.3, 0.4) is 0 Å². The molecule has 9 heteroatoms. The summed E-state index contributed by atoms with van der Waals surface area (Å²) in [6.07, 6.45) is 1.16. The van der Waals surface area contributed by atoms with E-state index in [0.29, 0.717) is 0 Å². The summed E-state index contributed by atoms with van der Waals surface area (Å²) in [7, 11) is 2.70. The van der Waals surface area contributed by atoms with Crippen LogP contribution in [0.4, 0.5) is 5.69 Å². The lowest BCUT2D eigenvalue weighted by atomic mass is 10.1. The molecule has 0 saturated carbocycles. The molecule has 0 bridgehead atoms. The van der Waals surface area contributed by atoms with E-state index in [0.717, 1.165) is 12.1 Å². The van der Waals surface area contributed by atoms with Crippen molar-refractivity contribution in [3.8, 4) is 17.6 Å². The van der Waals surface area contributed by atoms with E-state index in [1.165, 1.54) is 20.3 Å². The molecule has 0 heterocycles. The Kier molecular flexibility index (Phi) is 6.51. The Morgan fingerprint density at radius 3 is 2.74 bits per heavy atom. The molecule has 122 valence electrons. The van der Waals surface area contributed by atoms with Crippen LogP contribution in [0.15, 0.2) is 17.7 Å². The molecule has 0 radical (unpaired) electrons. The number of amides is 1. The molecule has 1 aromatic rings. The lowest BCUT2D eigenvalue weighted by Gasteiger charge is -2.06. The fourth-order valence-corrected chi connectivity index (χ4v) is 1.67. The predicted molar refractivity (Wildman–Crippen MR) is 79.8 cm³/mol. The quantitative estimate of drug-likeness (QED) is 0.251. The van der Waals surface area contributed by atoms with Crippen LogP contribution in [-0.2, 0) is 9.53 Å². The number of methoxy groups -OCH3 is 2. The van der Waals surface area contributed by atoms with Crippen LogP contribution in [-0.4, -0.2) is 43.3 Å². The molecular weight excluding hydrogens is 306 g/mol. The highest BCUT2D eigenvalue weighted by molar-refractivity contribution is 6.01. The van der Waals surface area contributed by atoms with Gasteiger partial charge in [0.05, 0.1) is 18.6 Å². The third kappa shape index (κ3) is 4.69. The van der Waals surface area contributed by atoms with Crippen LogP contribution in [0, 0.1) is 21.4 Å². The molecule has 0 unspecified atom stereocenters.